The van der Waals surface area contributed by atoms with E-state index in [1.54, 1.807) is 24.4 Å². The number of carbonyl (C=O) groups is 1. The van der Waals surface area contributed by atoms with Crippen LogP contribution in [0.4, 0.5) is 11.4 Å². The number of rotatable bonds is 6. The predicted molar refractivity (Wildman–Crippen MR) is 145 cm³/mol. The number of thiocarbonyl (C=S) groups is 1. The van der Waals surface area contributed by atoms with Gasteiger partial charge in [-0.25, -0.2) is 4.79 Å². The minimum atomic E-state index is -0.954. The number of anilines is 2. The Kier molecular flexibility index (Phi) is 6.20. The fraction of sp³-hybridized carbons (Fsp3) is 0.179. The molecule has 2 N–H and O–H groups in total. The summed E-state index contributed by atoms with van der Waals surface area (Å²) in [5.74, 6) is 0.441. The van der Waals surface area contributed by atoms with Gasteiger partial charge < -0.3 is 24.6 Å². The molecule has 5 rings (SSSR count). The molecule has 4 aromatic rings. The topological polar surface area (TPSA) is 81.8 Å². The first-order valence-corrected chi connectivity index (χ1v) is 12.0. The molecule has 0 spiro atoms. The Hall–Kier alpha value is -4.17. The van der Waals surface area contributed by atoms with Crippen LogP contribution in [0.5, 0.6) is 0 Å². The van der Waals surface area contributed by atoms with E-state index in [1.807, 2.05) is 51.4 Å². The van der Waals surface area contributed by atoms with Crippen molar-refractivity contribution in [1.82, 2.24) is 10.3 Å². The number of aromatic carboxylic acids is 1. The average molecular weight is 499 g/mol. The van der Waals surface area contributed by atoms with Crippen LogP contribution in [-0.4, -0.2) is 35.3 Å². The first-order valence-electron chi connectivity index (χ1n) is 11.6. The van der Waals surface area contributed by atoms with Gasteiger partial charge in [-0.2, -0.15) is 0 Å². The van der Waals surface area contributed by atoms with Gasteiger partial charge in [-0.3, -0.25) is 4.98 Å². The smallest absolute Gasteiger partial charge is 0.335 e. The fourth-order valence-electron chi connectivity index (χ4n) is 4.56. The van der Waals surface area contributed by atoms with Crippen LogP contribution in [-0.2, 0) is 0 Å². The van der Waals surface area contributed by atoms with Crippen molar-refractivity contribution in [2.24, 2.45) is 0 Å². The van der Waals surface area contributed by atoms with Crippen molar-refractivity contribution in [3.05, 3.63) is 102 Å². The van der Waals surface area contributed by atoms with E-state index in [1.165, 1.54) is 0 Å². The molecule has 7 nitrogen and oxygen atoms in total. The number of aryl methyl sites for hydroxylation is 1. The van der Waals surface area contributed by atoms with Gasteiger partial charge in [-0.1, -0.05) is 12.1 Å². The molecule has 2 aromatic carbocycles. The molecular formula is C28H26N4O3S. The van der Waals surface area contributed by atoms with E-state index in [0.717, 1.165) is 34.0 Å². The zero-order chi connectivity index (χ0) is 25.4. The normalized spacial score (nSPS) is 17.2. The van der Waals surface area contributed by atoms with Gasteiger partial charge in [0.05, 0.1) is 17.3 Å². The van der Waals surface area contributed by atoms with E-state index >= 15 is 0 Å². The molecule has 0 amide bonds. The number of nitrogens with one attached hydrogen (secondary N) is 1. The molecule has 0 saturated carbocycles. The lowest BCUT2D eigenvalue weighted by atomic mass is 10.0. The van der Waals surface area contributed by atoms with Crippen molar-refractivity contribution in [3.63, 3.8) is 0 Å². The second-order valence-corrected chi connectivity index (χ2v) is 9.33. The second kappa shape index (κ2) is 9.47. The van der Waals surface area contributed by atoms with Crippen LogP contribution >= 0.6 is 12.2 Å². The van der Waals surface area contributed by atoms with Gasteiger partial charge in [-0.05, 0) is 85.4 Å². The Bertz CT molecular complexity index is 1420. The Balaban J connectivity index is 1.57. The van der Waals surface area contributed by atoms with E-state index < -0.39 is 5.97 Å². The lowest BCUT2D eigenvalue weighted by molar-refractivity contribution is 0.0696. The van der Waals surface area contributed by atoms with E-state index in [4.69, 9.17) is 16.6 Å². The Morgan fingerprint density at radius 3 is 2.50 bits per heavy atom. The van der Waals surface area contributed by atoms with Gasteiger partial charge >= 0.3 is 5.97 Å². The number of benzene rings is 2. The summed E-state index contributed by atoms with van der Waals surface area (Å²) in [4.78, 5) is 20.1. The SMILES string of the molecule is Cc1cc(C(=O)O)ccc1-c1ccc([C@H]2[C@@H](c3ccccn3)NC(=S)N2c2ccc(N(C)C)cc2)o1. The molecule has 3 heterocycles. The molecule has 8 heteroatoms. The third kappa shape index (κ3) is 4.31. The highest BCUT2D eigenvalue weighted by molar-refractivity contribution is 7.80. The minimum Gasteiger partial charge on any atom is -0.478 e. The van der Waals surface area contributed by atoms with Crippen LogP contribution in [0.3, 0.4) is 0 Å². The van der Waals surface area contributed by atoms with Gasteiger partial charge in [0.25, 0.3) is 0 Å². The van der Waals surface area contributed by atoms with Crippen molar-refractivity contribution in [2.45, 2.75) is 19.0 Å². The highest BCUT2D eigenvalue weighted by Gasteiger charge is 2.42. The maximum Gasteiger partial charge on any atom is 0.335 e. The first kappa shape index (κ1) is 23.6. The van der Waals surface area contributed by atoms with Crippen LogP contribution < -0.4 is 15.1 Å². The van der Waals surface area contributed by atoms with Gasteiger partial charge in [0, 0.05) is 37.2 Å². The van der Waals surface area contributed by atoms with Crippen molar-refractivity contribution >= 4 is 34.7 Å². The lowest BCUT2D eigenvalue weighted by Crippen LogP contribution is -2.29. The van der Waals surface area contributed by atoms with Crippen LogP contribution in [0.1, 0.15) is 39.5 Å². The van der Waals surface area contributed by atoms with Crippen LogP contribution in [0, 0.1) is 6.92 Å². The molecule has 1 saturated heterocycles. The summed E-state index contributed by atoms with van der Waals surface area (Å²) < 4.78 is 6.42. The number of nitrogens with zero attached hydrogens (tertiary/aromatic N) is 3. The standard InChI is InChI=1S/C28H26N4O3S/c1-17-16-18(27(33)34)7-12-21(17)23-13-14-24(35-23)26-25(22-6-4-5-15-29-22)30-28(36)32(26)20-10-8-19(9-11-20)31(2)3/h4-16,25-26H,1-3H3,(H,30,36)(H,33,34)/t25-,26+/m1/s1. The highest BCUT2D eigenvalue weighted by Crippen LogP contribution is 2.43. The number of aromatic nitrogens is 1. The van der Waals surface area contributed by atoms with Crippen LogP contribution in [0.25, 0.3) is 11.3 Å². The van der Waals surface area contributed by atoms with Crippen molar-refractivity contribution < 1.29 is 14.3 Å². The first-order chi connectivity index (χ1) is 17.3. The fourth-order valence-corrected chi connectivity index (χ4v) is 4.91. The number of hydrogen-bond acceptors (Lipinski definition) is 5. The molecule has 2 aromatic heterocycles. The third-order valence-electron chi connectivity index (χ3n) is 6.40. The van der Waals surface area contributed by atoms with E-state index in [2.05, 4.69) is 44.4 Å². The van der Waals surface area contributed by atoms with Crippen LogP contribution in [0.15, 0.2) is 83.4 Å². The molecule has 2 atom stereocenters. The second-order valence-electron chi connectivity index (χ2n) is 8.94. The Morgan fingerprint density at radius 1 is 1.08 bits per heavy atom. The number of carboxylic acids is 1. The number of pyridine rings is 1. The summed E-state index contributed by atoms with van der Waals surface area (Å²) in [5.41, 5.74) is 4.81. The molecule has 0 unspecified atom stereocenters. The number of furan rings is 1. The maximum absolute atomic E-state index is 11.4. The summed E-state index contributed by atoms with van der Waals surface area (Å²) in [7, 11) is 4.01. The zero-order valence-corrected chi connectivity index (χ0v) is 21.0. The van der Waals surface area contributed by atoms with Gasteiger partial charge in [-0.15, -0.1) is 0 Å². The van der Waals surface area contributed by atoms with Gasteiger partial charge in [0.15, 0.2) is 5.11 Å². The largest absolute Gasteiger partial charge is 0.478 e. The van der Waals surface area contributed by atoms with Gasteiger partial charge in [0.1, 0.15) is 17.6 Å². The summed E-state index contributed by atoms with van der Waals surface area (Å²) in [6.07, 6.45) is 1.77. The molecule has 182 valence electrons. The highest BCUT2D eigenvalue weighted by atomic mass is 32.1. The average Bonchev–Trinajstić information content (AvgIpc) is 3.49. The molecule has 0 radical (unpaired) electrons. The Morgan fingerprint density at radius 2 is 1.86 bits per heavy atom. The molecule has 1 fully saturated rings. The summed E-state index contributed by atoms with van der Waals surface area (Å²) in [6, 6.07) is 22.5. The molecule has 0 bridgehead atoms. The Labute approximate surface area is 215 Å². The summed E-state index contributed by atoms with van der Waals surface area (Å²) in [5, 5.41) is 13.3. The quantitative estimate of drug-likeness (QED) is 0.333. The van der Waals surface area contributed by atoms with Gasteiger partial charge in [0.2, 0.25) is 0 Å². The molecule has 1 aliphatic heterocycles. The lowest BCUT2D eigenvalue weighted by Gasteiger charge is -2.26. The van der Waals surface area contributed by atoms with Crippen molar-refractivity contribution in [2.75, 3.05) is 23.9 Å². The molecular weight excluding hydrogens is 472 g/mol. The number of carboxylic acid groups (broad SMARTS) is 1. The van der Waals surface area contributed by atoms with E-state index in [9.17, 15) is 9.90 Å². The summed E-state index contributed by atoms with van der Waals surface area (Å²) >= 11 is 5.80. The molecule has 1 aliphatic rings. The third-order valence-corrected chi connectivity index (χ3v) is 6.71. The zero-order valence-electron chi connectivity index (χ0n) is 20.2. The minimum absolute atomic E-state index is 0.221. The van der Waals surface area contributed by atoms with Crippen LogP contribution in [0.2, 0.25) is 0 Å². The van der Waals surface area contributed by atoms with Crippen molar-refractivity contribution in [1.29, 1.82) is 0 Å². The van der Waals surface area contributed by atoms with E-state index in [-0.39, 0.29) is 17.6 Å². The predicted octanol–water partition coefficient (Wildman–Crippen LogP) is 5.59. The monoisotopic (exact) mass is 498 g/mol. The maximum atomic E-state index is 11.4. The number of hydrogen-bond donors (Lipinski definition) is 2. The molecule has 36 heavy (non-hydrogen) atoms. The molecule has 0 aliphatic carbocycles. The van der Waals surface area contributed by atoms with Crippen molar-refractivity contribution in [3.8, 4) is 11.3 Å². The summed E-state index contributed by atoms with van der Waals surface area (Å²) in [6.45, 7) is 1.88. The van der Waals surface area contributed by atoms with E-state index in [0.29, 0.717) is 10.9 Å².